The first-order valence-corrected chi connectivity index (χ1v) is 8.00. The first-order chi connectivity index (χ1) is 8.91. The molecule has 0 aliphatic heterocycles. The van der Waals surface area contributed by atoms with Gasteiger partial charge in [-0.3, -0.25) is 9.00 Å². The average molecular weight is 292 g/mol. The minimum atomic E-state index is -0.913. The molecule has 0 heterocycles. The number of urea groups is 1. The van der Waals surface area contributed by atoms with E-state index in [1.165, 1.54) is 0 Å². The zero-order chi connectivity index (χ0) is 14.9. The van der Waals surface area contributed by atoms with Crippen LogP contribution in [0.15, 0.2) is 0 Å². The molecule has 1 atom stereocenters. The van der Waals surface area contributed by atoms with Gasteiger partial charge in [0, 0.05) is 35.4 Å². The van der Waals surface area contributed by atoms with Crippen molar-refractivity contribution in [3.63, 3.8) is 0 Å². The Hall–Kier alpha value is -1.11. The molecule has 0 fully saturated rings. The van der Waals surface area contributed by atoms with Crippen LogP contribution in [-0.2, 0) is 15.6 Å². The minimum Gasteiger partial charge on any atom is -0.481 e. The first kappa shape index (κ1) is 17.9. The Kier molecular flexibility index (Phi) is 8.38. The molecule has 0 aliphatic carbocycles. The molecule has 0 radical (unpaired) electrons. The van der Waals surface area contributed by atoms with Crippen molar-refractivity contribution in [2.75, 3.05) is 24.6 Å². The van der Waals surface area contributed by atoms with Gasteiger partial charge >= 0.3 is 12.0 Å². The molecule has 7 heteroatoms. The van der Waals surface area contributed by atoms with E-state index in [-0.39, 0.29) is 6.54 Å². The van der Waals surface area contributed by atoms with Gasteiger partial charge in [0.2, 0.25) is 0 Å². The molecule has 0 saturated heterocycles. The minimum absolute atomic E-state index is 0.0953. The number of carboxylic acids is 1. The molecule has 0 aromatic heterocycles. The highest BCUT2D eigenvalue weighted by atomic mass is 32.2. The van der Waals surface area contributed by atoms with E-state index in [1.54, 1.807) is 13.8 Å². The second-order valence-corrected chi connectivity index (χ2v) is 6.20. The third-order valence-corrected chi connectivity index (χ3v) is 4.64. The Morgan fingerprint density at radius 2 is 1.74 bits per heavy atom. The number of aliphatic carboxylic acids is 1. The maximum absolute atomic E-state index is 11.5. The van der Waals surface area contributed by atoms with Gasteiger partial charge in [-0.2, -0.15) is 0 Å². The largest absolute Gasteiger partial charge is 0.481 e. The molecule has 112 valence electrons. The lowest BCUT2D eigenvalue weighted by atomic mass is 9.82. The van der Waals surface area contributed by atoms with Crippen molar-refractivity contribution in [3.8, 4) is 0 Å². The van der Waals surface area contributed by atoms with Crippen LogP contribution in [0.25, 0.3) is 0 Å². The monoisotopic (exact) mass is 292 g/mol. The van der Waals surface area contributed by atoms with Gasteiger partial charge in [-0.15, -0.1) is 0 Å². The number of carbonyl (C=O) groups excluding carboxylic acids is 1. The van der Waals surface area contributed by atoms with E-state index < -0.39 is 28.2 Å². The summed E-state index contributed by atoms with van der Waals surface area (Å²) in [5.74, 6) is 0.0806. The van der Waals surface area contributed by atoms with Crippen molar-refractivity contribution in [1.29, 1.82) is 0 Å². The molecule has 0 aliphatic rings. The lowest BCUT2D eigenvalue weighted by Crippen LogP contribution is -2.46. The summed E-state index contributed by atoms with van der Waals surface area (Å²) >= 11 is 0. The van der Waals surface area contributed by atoms with E-state index in [0.29, 0.717) is 30.9 Å². The fraction of sp³-hybridized carbons (Fsp3) is 0.833. The van der Waals surface area contributed by atoms with Crippen molar-refractivity contribution in [3.05, 3.63) is 0 Å². The highest BCUT2D eigenvalue weighted by Crippen LogP contribution is 2.25. The van der Waals surface area contributed by atoms with E-state index in [2.05, 4.69) is 10.6 Å². The zero-order valence-electron chi connectivity index (χ0n) is 11.8. The number of hydrogen-bond donors (Lipinski definition) is 3. The molecule has 1 unspecified atom stereocenters. The SMILES string of the molecule is CCS(=O)CCNC(=O)NCC(CC)(CC)C(=O)O. The van der Waals surface area contributed by atoms with Crippen LogP contribution in [0, 0.1) is 5.41 Å². The fourth-order valence-corrected chi connectivity index (χ4v) is 2.23. The highest BCUT2D eigenvalue weighted by molar-refractivity contribution is 7.84. The van der Waals surface area contributed by atoms with Crippen LogP contribution in [0.1, 0.15) is 33.6 Å². The van der Waals surface area contributed by atoms with Gasteiger partial charge in [-0.1, -0.05) is 20.8 Å². The van der Waals surface area contributed by atoms with Crippen LogP contribution >= 0.6 is 0 Å². The third-order valence-electron chi connectivity index (χ3n) is 3.33. The molecular weight excluding hydrogens is 268 g/mol. The highest BCUT2D eigenvalue weighted by Gasteiger charge is 2.35. The Labute approximate surface area is 116 Å². The van der Waals surface area contributed by atoms with Gasteiger partial charge in [0.05, 0.1) is 5.41 Å². The van der Waals surface area contributed by atoms with Crippen LogP contribution in [0.2, 0.25) is 0 Å². The Balaban J connectivity index is 4.13. The molecule has 3 N–H and O–H groups in total. The maximum atomic E-state index is 11.5. The third kappa shape index (κ3) is 6.04. The molecular formula is C12H24N2O4S. The summed E-state index contributed by atoms with van der Waals surface area (Å²) in [5, 5.41) is 14.3. The van der Waals surface area contributed by atoms with Gasteiger partial charge in [0.1, 0.15) is 0 Å². The quantitative estimate of drug-likeness (QED) is 0.589. The number of hydrogen-bond acceptors (Lipinski definition) is 3. The summed E-state index contributed by atoms with van der Waals surface area (Å²) in [5.41, 5.74) is -0.913. The fourth-order valence-electron chi connectivity index (χ4n) is 1.61. The Bertz CT molecular complexity index is 330. The van der Waals surface area contributed by atoms with Crippen molar-refractivity contribution in [1.82, 2.24) is 10.6 Å². The van der Waals surface area contributed by atoms with Crippen LogP contribution < -0.4 is 10.6 Å². The number of amides is 2. The van der Waals surface area contributed by atoms with Gasteiger partial charge in [-0.25, -0.2) is 4.79 Å². The molecule has 2 amide bonds. The Morgan fingerprint density at radius 3 is 2.16 bits per heavy atom. The summed E-state index contributed by atoms with van der Waals surface area (Å²) in [6.45, 7) is 5.83. The van der Waals surface area contributed by atoms with Crippen LogP contribution in [0.4, 0.5) is 4.79 Å². The van der Waals surface area contributed by atoms with Crippen molar-refractivity contribution in [2.24, 2.45) is 5.41 Å². The second kappa shape index (κ2) is 8.90. The summed E-state index contributed by atoms with van der Waals surface area (Å²) < 4.78 is 11.2. The molecule has 0 spiro atoms. The van der Waals surface area contributed by atoms with Crippen molar-refractivity contribution >= 4 is 22.8 Å². The lowest BCUT2D eigenvalue weighted by molar-refractivity contribution is -0.149. The topological polar surface area (TPSA) is 95.5 Å². The van der Waals surface area contributed by atoms with Crippen LogP contribution in [-0.4, -0.2) is 45.9 Å². The predicted octanol–water partition coefficient (Wildman–Crippen LogP) is 0.945. The van der Waals surface area contributed by atoms with Gasteiger partial charge in [0.25, 0.3) is 0 Å². The van der Waals surface area contributed by atoms with Crippen molar-refractivity contribution < 1.29 is 18.9 Å². The molecule has 6 nitrogen and oxygen atoms in total. The zero-order valence-corrected chi connectivity index (χ0v) is 12.6. The van der Waals surface area contributed by atoms with E-state index in [1.807, 2.05) is 6.92 Å². The second-order valence-electron chi connectivity index (χ2n) is 4.33. The van der Waals surface area contributed by atoms with Crippen LogP contribution in [0.5, 0.6) is 0 Å². The lowest BCUT2D eigenvalue weighted by Gasteiger charge is -2.26. The Morgan fingerprint density at radius 1 is 1.16 bits per heavy atom. The van der Waals surface area contributed by atoms with Crippen LogP contribution in [0.3, 0.4) is 0 Å². The molecule has 0 aromatic rings. The molecule has 0 rings (SSSR count). The number of carbonyl (C=O) groups is 2. The number of nitrogens with one attached hydrogen (secondary N) is 2. The number of carboxylic acid groups (broad SMARTS) is 1. The maximum Gasteiger partial charge on any atom is 0.314 e. The van der Waals surface area contributed by atoms with Gasteiger partial charge in [-0.05, 0) is 12.8 Å². The summed E-state index contributed by atoms with van der Waals surface area (Å²) in [4.78, 5) is 22.7. The van der Waals surface area contributed by atoms with Gasteiger partial charge in [0.15, 0.2) is 0 Å². The van der Waals surface area contributed by atoms with E-state index in [9.17, 15) is 18.9 Å². The summed E-state index contributed by atoms with van der Waals surface area (Å²) in [7, 11) is -0.912. The van der Waals surface area contributed by atoms with E-state index in [4.69, 9.17) is 0 Å². The first-order valence-electron chi connectivity index (χ1n) is 6.51. The predicted molar refractivity (Wildman–Crippen MR) is 75.6 cm³/mol. The van der Waals surface area contributed by atoms with Gasteiger partial charge < -0.3 is 15.7 Å². The number of rotatable bonds is 9. The molecule has 0 bridgehead atoms. The van der Waals surface area contributed by atoms with Crippen molar-refractivity contribution in [2.45, 2.75) is 33.6 Å². The molecule has 19 heavy (non-hydrogen) atoms. The molecule has 0 aromatic carbocycles. The molecule has 0 saturated carbocycles. The summed E-state index contributed by atoms with van der Waals surface area (Å²) in [6.07, 6.45) is 0.915. The summed E-state index contributed by atoms with van der Waals surface area (Å²) in [6, 6.07) is -0.416. The normalized spacial score (nSPS) is 12.8. The van der Waals surface area contributed by atoms with E-state index in [0.717, 1.165) is 0 Å². The average Bonchev–Trinajstić information content (AvgIpc) is 2.39. The smallest absolute Gasteiger partial charge is 0.314 e. The van der Waals surface area contributed by atoms with E-state index >= 15 is 0 Å². The standard InChI is InChI=1S/C12H24N2O4S/c1-4-12(5-2,10(15)16)9-14-11(17)13-7-8-19(18)6-3/h4-9H2,1-3H3,(H,15,16)(H2,13,14,17).